The van der Waals surface area contributed by atoms with Crippen LogP contribution in [0.1, 0.15) is 28.8 Å². The molecule has 1 amide bonds. The van der Waals surface area contributed by atoms with E-state index in [0.717, 1.165) is 49.2 Å². The minimum atomic E-state index is -0.279. The van der Waals surface area contributed by atoms with E-state index in [2.05, 4.69) is 15.2 Å². The topological polar surface area (TPSA) is 70.7 Å². The maximum atomic E-state index is 12.2. The lowest BCUT2D eigenvalue weighted by Gasteiger charge is -2.40. The molecule has 0 unspecified atom stereocenters. The van der Waals surface area contributed by atoms with Crippen molar-refractivity contribution >= 4 is 23.7 Å². The van der Waals surface area contributed by atoms with Gasteiger partial charge in [0.15, 0.2) is 0 Å². The van der Waals surface area contributed by atoms with Crippen LogP contribution in [0.2, 0.25) is 5.02 Å². The summed E-state index contributed by atoms with van der Waals surface area (Å²) in [6.07, 6.45) is 5.13. The number of nitrogens with one attached hydrogen (secondary N) is 1. The van der Waals surface area contributed by atoms with Crippen molar-refractivity contribution in [1.29, 1.82) is 0 Å². The maximum Gasteiger partial charge on any atom is 0.252 e. The molecule has 1 spiro atoms. The molecule has 23 heavy (non-hydrogen) atoms. The van der Waals surface area contributed by atoms with Crippen LogP contribution in [0.4, 0.5) is 0 Å². The summed E-state index contributed by atoms with van der Waals surface area (Å²) < 4.78 is 0. The minimum Gasteiger partial charge on any atom is -0.404 e. The summed E-state index contributed by atoms with van der Waals surface area (Å²) in [7, 11) is 1.74. The van der Waals surface area contributed by atoms with Gasteiger partial charge >= 0.3 is 0 Å². The number of rotatable bonds is 3. The van der Waals surface area contributed by atoms with Crippen LogP contribution < -0.4 is 11.1 Å². The average molecular weight is 333 g/mol. The standard InChI is InChI=1S/C17H21ClN4O/c1-20-10-12(9-19)11-22-6-4-17(5-7-22)15-8-13(18)2-3-14(15)16(23)21-17/h2-3,8-10H,4-7,11,19H2,1H3,(H,21,23). The maximum absolute atomic E-state index is 12.2. The Kier molecular flexibility index (Phi) is 4.41. The first kappa shape index (κ1) is 16.0. The molecular formula is C17H21ClN4O. The number of piperidine rings is 1. The summed E-state index contributed by atoms with van der Waals surface area (Å²) in [6, 6.07) is 5.52. The number of benzene rings is 1. The second-order valence-corrected chi connectivity index (χ2v) is 6.57. The van der Waals surface area contributed by atoms with Crippen LogP contribution >= 0.6 is 11.6 Å². The van der Waals surface area contributed by atoms with Crippen LogP contribution in [-0.2, 0) is 5.54 Å². The summed E-state index contributed by atoms with van der Waals surface area (Å²) in [6.45, 7) is 2.56. The van der Waals surface area contributed by atoms with E-state index in [1.807, 2.05) is 12.1 Å². The van der Waals surface area contributed by atoms with E-state index in [0.29, 0.717) is 5.02 Å². The fraction of sp³-hybridized carbons (Fsp3) is 0.412. The van der Waals surface area contributed by atoms with Crippen LogP contribution in [0, 0.1) is 0 Å². The van der Waals surface area contributed by atoms with E-state index in [-0.39, 0.29) is 11.4 Å². The van der Waals surface area contributed by atoms with Crippen LogP contribution in [-0.4, -0.2) is 43.7 Å². The summed E-state index contributed by atoms with van der Waals surface area (Å²) in [4.78, 5) is 18.6. The first-order chi connectivity index (χ1) is 11.1. The number of hydrogen-bond acceptors (Lipinski definition) is 4. The zero-order valence-electron chi connectivity index (χ0n) is 13.2. The van der Waals surface area contributed by atoms with Gasteiger partial charge in [-0.05, 0) is 48.4 Å². The van der Waals surface area contributed by atoms with E-state index < -0.39 is 0 Å². The molecule has 2 heterocycles. The van der Waals surface area contributed by atoms with Crippen LogP contribution in [0.15, 0.2) is 35.0 Å². The Hall–Kier alpha value is -1.85. The van der Waals surface area contributed by atoms with Gasteiger partial charge in [0.05, 0.1) is 5.54 Å². The van der Waals surface area contributed by atoms with Crippen molar-refractivity contribution in [2.45, 2.75) is 18.4 Å². The smallest absolute Gasteiger partial charge is 0.252 e. The number of likely N-dealkylation sites (tertiary alicyclic amines) is 1. The van der Waals surface area contributed by atoms with Gasteiger partial charge in [-0.3, -0.25) is 14.7 Å². The lowest BCUT2D eigenvalue weighted by atomic mass is 9.81. The monoisotopic (exact) mass is 332 g/mol. The normalized spacial score (nSPS) is 21.0. The Balaban J connectivity index is 1.75. The van der Waals surface area contributed by atoms with Gasteiger partial charge in [-0.2, -0.15) is 0 Å². The summed E-state index contributed by atoms with van der Waals surface area (Å²) in [5, 5.41) is 3.86. The molecule has 1 fully saturated rings. The van der Waals surface area contributed by atoms with Crippen molar-refractivity contribution in [2.24, 2.45) is 10.7 Å². The van der Waals surface area contributed by atoms with Gasteiger partial charge in [0.25, 0.3) is 5.91 Å². The Bertz CT molecular complexity index is 675. The number of carbonyl (C=O) groups is 1. The van der Waals surface area contributed by atoms with Crippen molar-refractivity contribution in [3.8, 4) is 0 Å². The summed E-state index contributed by atoms with van der Waals surface area (Å²) in [5.41, 5.74) is 8.16. The molecule has 1 saturated heterocycles. The first-order valence-electron chi connectivity index (χ1n) is 7.76. The highest BCUT2D eigenvalue weighted by molar-refractivity contribution is 6.30. The number of amides is 1. The summed E-state index contributed by atoms with van der Waals surface area (Å²) >= 11 is 6.14. The fourth-order valence-corrected chi connectivity index (χ4v) is 3.68. The Labute approximate surface area is 141 Å². The highest BCUT2D eigenvalue weighted by Crippen LogP contribution is 2.40. The quantitative estimate of drug-likeness (QED) is 0.831. The van der Waals surface area contributed by atoms with Crippen LogP contribution in [0.3, 0.4) is 0 Å². The van der Waals surface area contributed by atoms with E-state index in [1.54, 1.807) is 25.5 Å². The third-order valence-corrected chi connectivity index (χ3v) is 4.95. The van der Waals surface area contributed by atoms with Crippen molar-refractivity contribution in [3.63, 3.8) is 0 Å². The predicted molar refractivity (Wildman–Crippen MR) is 93.0 cm³/mol. The van der Waals surface area contributed by atoms with Gasteiger partial charge in [-0.15, -0.1) is 0 Å². The Morgan fingerprint density at radius 3 is 2.87 bits per heavy atom. The molecule has 3 rings (SSSR count). The third-order valence-electron chi connectivity index (χ3n) is 4.72. The van der Waals surface area contributed by atoms with Crippen LogP contribution in [0.5, 0.6) is 0 Å². The van der Waals surface area contributed by atoms with Crippen molar-refractivity contribution in [2.75, 3.05) is 26.7 Å². The number of hydrogen-bond donors (Lipinski definition) is 2. The van der Waals surface area contributed by atoms with E-state index >= 15 is 0 Å². The second kappa shape index (κ2) is 6.34. The number of nitrogens with two attached hydrogens (primary N) is 1. The Morgan fingerprint density at radius 1 is 1.48 bits per heavy atom. The number of carbonyl (C=O) groups excluding carboxylic acids is 1. The highest BCUT2D eigenvalue weighted by Gasteiger charge is 2.44. The van der Waals surface area contributed by atoms with Gasteiger partial charge in [0, 0.05) is 43.5 Å². The second-order valence-electron chi connectivity index (χ2n) is 6.13. The molecule has 2 aliphatic rings. The summed E-state index contributed by atoms with van der Waals surface area (Å²) in [5.74, 6) is 0.00535. The molecule has 0 aliphatic carbocycles. The molecule has 6 heteroatoms. The molecular weight excluding hydrogens is 312 g/mol. The van der Waals surface area contributed by atoms with Crippen molar-refractivity contribution in [1.82, 2.24) is 10.2 Å². The van der Waals surface area contributed by atoms with Gasteiger partial charge in [0.1, 0.15) is 0 Å². The predicted octanol–water partition coefficient (Wildman–Crippen LogP) is 1.92. The molecule has 0 saturated carbocycles. The lowest BCUT2D eigenvalue weighted by molar-refractivity contribution is 0.0871. The number of halogens is 1. The third kappa shape index (κ3) is 2.99. The first-order valence-corrected chi connectivity index (χ1v) is 8.13. The zero-order chi connectivity index (χ0) is 16.4. The molecule has 5 nitrogen and oxygen atoms in total. The molecule has 122 valence electrons. The minimum absolute atomic E-state index is 0.00535. The molecule has 0 atom stereocenters. The molecule has 1 aromatic carbocycles. The lowest BCUT2D eigenvalue weighted by Crippen LogP contribution is -2.49. The van der Waals surface area contributed by atoms with Gasteiger partial charge in [-0.1, -0.05) is 11.6 Å². The Morgan fingerprint density at radius 2 is 2.22 bits per heavy atom. The number of aliphatic imine (C=N–C) groups is 1. The molecule has 0 aromatic heterocycles. The van der Waals surface area contributed by atoms with Crippen molar-refractivity contribution in [3.05, 3.63) is 46.1 Å². The fourth-order valence-electron chi connectivity index (χ4n) is 3.51. The van der Waals surface area contributed by atoms with Crippen LogP contribution in [0.25, 0.3) is 0 Å². The van der Waals surface area contributed by atoms with Gasteiger partial charge in [0.2, 0.25) is 0 Å². The van der Waals surface area contributed by atoms with E-state index in [4.69, 9.17) is 17.3 Å². The number of fused-ring (bicyclic) bond motifs is 2. The van der Waals surface area contributed by atoms with Gasteiger partial charge < -0.3 is 11.1 Å². The van der Waals surface area contributed by atoms with E-state index in [1.165, 1.54) is 0 Å². The molecule has 1 aromatic rings. The average Bonchev–Trinajstić information content (AvgIpc) is 2.81. The molecule has 0 radical (unpaired) electrons. The van der Waals surface area contributed by atoms with E-state index in [9.17, 15) is 4.79 Å². The number of nitrogens with zero attached hydrogens (tertiary/aromatic N) is 2. The van der Waals surface area contributed by atoms with Gasteiger partial charge in [-0.25, -0.2) is 0 Å². The molecule has 3 N–H and O–H groups in total. The highest BCUT2D eigenvalue weighted by atomic mass is 35.5. The molecule has 2 aliphatic heterocycles. The SMILES string of the molecule is CN=CC(=CN)CN1CCC2(CC1)NC(=O)c1ccc(Cl)cc12. The largest absolute Gasteiger partial charge is 0.404 e. The van der Waals surface area contributed by atoms with Crippen molar-refractivity contribution < 1.29 is 4.79 Å². The zero-order valence-corrected chi connectivity index (χ0v) is 13.9. The molecule has 0 bridgehead atoms.